The molecule has 1 heterocycles. The smallest absolute Gasteiger partial charge is 0.275 e. The summed E-state index contributed by atoms with van der Waals surface area (Å²) in [7, 11) is 0. The first-order valence-corrected chi connectivity index (χ1v) is 7.53. The highest BCUT2D eigenvalue weighted by Gasteiger charge is 2.27. The van der Waals surface area contributed by atoms with Crippen molar-refractivity contribution in [2.45, 2.75) is 20.8 Å². The summed E-state index contributed by atoms with van der Waals surface area (Å²) >= 11 is 3.48. The number of anilines is 1. The third-order valence-electron chi connectivity index (χ3n) is 3.59. The van der Waals surface area contributed by atoms with E-state index in [2.05, 4.69) is 32.3 Å². The molecule has 2 aromatic rings. The molecule has 0 saturated carbocycles. The fourth-order valence-corrected chi connectivity index (χ4v) is 3.13. The van der Waals surface area contributed by atoms with Crippen LogP contribution in [0.1, 0.15) is 22.3 Å². The number of amides is 1. The Balaban J connectivity index is 2.16. The molecule has 0 radical (unpaired) electrons. The van der Waals surface area contributed by atoms with Gasteiger partial charge in [-0.2, -0.15) is 0 Å². The van der Waals surface area contributed by atoms with E-state index in [1.807, 2.05) is 45.0 Å². The van der Waals surface area contributed by atoms with Crippen molar-refractivity contribution in [1.82, 2.24) is 0 Å². The second-order valence-electron chi connectivity index (χ2n) is 5.35. The predicted molar refractivity (Wildman–Crippen MR) is 89.6 cm³/mol. The quantitative estimate of drug-likeness (QED) is 0.817. The third kappa shape index (κ3) is 2.51. The van der Waals surface area contributed by atoms with Crippen molar-refractivity contribution in [2.75, 3.05) is 5.32 Å². The van der Waals surface area contributed by atoms with E-state index in [1.54, 1.807) is 0 Å². The van der Waals surface area contributed by atoms with E-state index in [4.69, 9.17) is 0 Å². The van der Waals surface area contributed by atoms with Gasteiger partial charge in [0.2, 0.25) is 0 Å². The average molecular weight is 343 g/mol. The van der Waals surface area contributed by atoms with Crippen LogP contribution in [0.25, 0.3) is 0 Å². The van der Waals surface area contributed by atoms with Gasteiger partial charge in [-0.25, -0.2) is 4.99 Å². The van der Waals surface area contributed by atoms with Gasteiger partial charge in [0.15, 0.2) is 0 Å². The van der Waals surface area contributed by atoms with Crippen LogP contribution in [-0.4, -0.2) is 11.6 Å². The van der Waals surface area contributed by atoms with Crippen molar-refractivity contribution in [2.24, 2.45) is 4.99 Å². The van der Waals surface area contributed by atoms with Gasteiger partial charge in [0.05, 0.1) is 11.4 Å². The topological polar surface area (TPSA) is 41.5 Å². The van der Waals surface area contributed by atoms with Crippen LogP contribution in [0.4, 0.5) is 11.4 Å². The second-order valence-corrected chi connectivity index (χ2v) is 6.27. The van der Waals surface area contributed by atoms with Crippen molar-refractivity contribution in [3.05, 3.63) is 57.1 Å². The SMILES string of the molecule is Cc1ccc(N=C2C(=O)Nc3c(C)cc(Br)cc32)c(C)c1. The minimum absolute atomic E-state index is 0.147. The number of aryl methyl sites for hydroxylation is 3. The molecule has 0 saturated heterocycles. The number of halogens is 1. The molecule has 0 spiro atoms. The Morgan fingerprint density at radius 2 is 1.81 bits per heavy atom. The van der Waals surface area contributed by atoms with Crippen LogP contribution in [0.5, 0.6) is 0 Å². The monoisotopic (exact) mass is 342 g/mol. The van der Waals surface area contributed by atoms with Crippen molar-refractivity contribution in [3.8, 4) is 0 Å². The van der Waals surface area contributed by atoms with Crippen LogP contribution in [-0.2, 0) is 4.79 Å². The van der Waals surface area contributed by atoms with E-state index in [9.17, 15) is 4.79 Å². The first-order chi connectivity index (χ1) is 9.95. The molecule has 21 heavy (non-hydrogen) atoms. The Kier molecular flexibility index (Phi) is 3.41. The van der Waals surface area contributed by atoms with E-state index in [-0.39, 0.29) is 5.91 Å². The highest BCUT2D eigenvalue weighted by molar-refractivity contribution is 9.10. The van der Waals surface area contributed by atoms with E-state index in [0.29, 0.717) is 5.71 Å². The fraction of sp³-hybridized carbons (Fsp3) is 0.176. The molecular formula is C17H15BrN2O. The van der Waals surface area contributed by atoms with Gasteiger partial charge in [-0.1, -0.05) is 33.6 Å². The molecule has 2 aromatic carbocycles. The van der Waals surface area contributed by atoms with E-state index >= 15 is 0 Å². The normalized spacial score (nSPS) is 15.2. The molecule has 1 N–H and O–H groups in total. The zero-order chi connectivity index (χ0) is 15.1. The van der Waals surface area contributed by atoms with E-state index in [0.717, 1.165) is 32.5 Å². The fourth-order valence-electron chi connectivity index (χ4n) is 2.55. The molecule has 1 aliphatic heterocycles. The van der Waals surface area contributed by atoms with Crippen LogP contribution in [0.3, 0.4) is 0 Å². The maximum absolute atomic E-state index is 12.2. The Bertz CT molecular complexity index is 794. The molecule has 4 heteroatoms. The first kappa shape index (κ1) is 14.0. The summed E-state index contributed by atoms with van der Waals surface area (Å²) in [6.07, 6.45) is 0. The predicted octanol–water partition coefficient (Wildman–Crippen LogP) is 4.45. The van der Waals surface area contributed by atoms with Crippen LogP contribution in [0.15, 0.2) is 39.8 Å². The van der Waals surface area contributed by atoms with Crippen LogP contribution in [0, 0.1) is 20.8 Å². The van der Waals surface area contributed by atoms with Crippen LogP contribution >= 0.6 is 15.9 Å². The molecule has 106 valence electrons. The molecule has 0 aliphatic carbocycles. The summed E-state index contributed by atoms with van der Waals surface area (Å²) in [5.74, 6) is -0.147. The van der Waals surface area contributed by atoms with Gasteiger partial charge in [0.1, 0.15) is 5.71 Å². The molecule has 0 unspecified atom stereocenters. The lowest BCUT2D eigenvalue weighted by atomic mass is 10.1. The minimum atomic E-state index is -0.147. The number of fused-ring (bicyclic) bond motifs is 1. The Morgan fingerprint density at radius 1 is 1.05 bits per heavy atom. The van der Waals surface area contributed by atoms with E-state index < -0.39 is 0 Å². The lowest BCUT2D eigenvalue weighted by Crippen LogP contribution is -2.14. The first-order valence-electron chi connectivity index (χ1n) is 6.73. The van der Waals surface area contributed by atoms with Gasteiger partial charge >= 0.3 is 0 Å². The largest absolute Gasteiger partial charge is 0.320 e. The van der Waals surface area contributed by atoms with Gasteiger partial charge in [-0.05, 0) is 50.1 Å². The molecule has 0 fully saturated rings. The number of aliphatic imine (C=N–C) groups is 1. The maximum atomic E-state index is 12.2. The highest BCUT2D eigenvalue weighted by Crippen LogP contribution is 2.32. The van der Waals surface area contributed by atoms with Gasteiger partial charge in [-0.15, -0.1) is 0 Å². The minimum Gasteiger partial charge on any atom is -0.320 e. The number of benzene rings is 2. The Labute approximate surface area is 132 Å². The number of carbonyl (C=O) groups excluding carboxylic acids is 1. The summed E-state index contributed by atoms with van der Waals surface area (Å²) in [5, 5.41) is 2.90. The second kappa shape index (κ2) is 5.11. The van der Waals surface area contributed by atoms with Crippen LogP contribution in [0.2, 0.25) is 0 Å². The van der Waals surface area contributed by atoms with Gasteiger partial charge in [0.25, 0.3) is 5.91 Å². The maximum Gasteiger partial charge on any atom is 0.275 e. The molecule has 1 amide bonds. The molecule has 3 rings (SSSR count). The average Bonchev–Trinajstić information content (AvgIpc) is 2.70. The highest BCUT2D eigenvalue weighted by atomic mass is 79.9. The summed E-state index contributed by atoms with van der Waals surface area (Å²) in [5.41, 5.74) is 6.29. The lowest BCUT2D eigenvalue weighted by Gasteiger charge is -2.05. The zero-order valence-electron chi connectivity index (χ0n) is 12.1. The van der Waals surface area contributed by atoms with Crippen molar-refractivity contribution < 1.29 is 4.79 Å². The molecule has 0 atom stereocenters. The number of carbonyl (C=O) groups is 1. The third-order valence-corrected chi connectivity index (χ3v) is 4.05. The van der Waals surface area contributed by atoms with Gasteiger partial charge < -0.3 is 5.32 Å². The standard InChI is InChI=1S/C17H15BrN2O/c1-9-4-5-14(10(2)6-9)19-16-13-8-12(18)7-11(3)15(13)20-17(16)21/h4-8H,1-3H3,(H,19,20,21). The summed E-state index contributed by atoms with van der Waals surface area (Å²) < 4.78 is 0.948. The van der Waals surface area contributed by atoms with Crippen molar-refractivity contribution in [3.63, 3.8) is 0 Å². The van der Waals surface area contributed by atoms with Gasteiger partial charge in [-0.3, -0.25) is 4.79 Å². The number of rotatable bonds is 1. The van der Waals surface area contributed by atoms with Crippen LogP contribution < -0.4 is 5.32 Å². The van der Waals surface area contributed by atoms with Gasteiger partial charge in [0, 0.05) is 10.0 Å². The summed E-state index contributed by atoms with van der Waals surface area (Å²) in [6, 6.07) is 9.95. The van der Waals surface area contributed by atoms with Crippen molar-refractivity contribution in [1.29, 1.82) is 0 Å². The Morgan fingerprint density at radius 3 is 2.52 bits per heavy atom. The summed E-state index contributed by atoms with van der Waals surface area (Å²) in [6.45, 7) is 6.03. The number of hydrogen-bond donors (Lipinski definition) is 1. The molecule has 1 aliphatic rings. The molecule has 0 bridgehead atoms. The number of nitrogens with zero attached hydrogens (tertiary/aromatic N) is 1. The number of hydrogen-bond acceptors (Lipinski definition) is 2. The molecular weight excluding hydrogens is 328 g/mol. The number of nitrogens with one attached hydrogen (secondary N) is 1. The Hall–Kier alpha value is -1.94. The molecule has 3 nitrogen and oxygen atoms in total. The lowest BCUT2D eigenvalue weighted by molar-refractivity contribution is -0.110. The van der Waals surface area contributed by atoms with Crippen molar-refractivity contribution >= 4 is 38.9 Å². The molecule has 0 aromatic heterocycles. The van der Waals surface area contributed by atoms with E-state index in [1.165, 1.54) is 5.56 Å². The zero-order valence-corrected chi connectivity index (χ0v) is 13.7. The summed E-state index contributed by atoms with van der Waals surface area (Å²) in [4.78, 5) is 16.8.